The molecule has 2 saturated heterocycles. The summed E-state index contributed by atoms with van der Waals surface area (Å²) in [5.74, 6) is -1.07. The summed E-state index contributed by atoms with van der Waals surface area (Å²) in [7, 11) is 0. The van der Waals surface area contributed by atoms with Gasteiger partial charge in [0.25, 0.3) is 11.8 Å². The lowest BCUT2D eigenvalue weighted by Gasteiger charge is -2.35. The lowest BCUT2D eigenvalue weighted by molar-refractivity contribution is -0.142. The van der Waals surface area contributed by atoms with Gasteiger partial charge in [0.1, 0.15) is 11.9 Å². The van der Waals surface area contributed by atoms with Crippen molar-refractivity contribution in [3.63, 3.8) is 0 Å². The van der Waals surface area contributed by atoms with Crippen molar-refractivity contribution in [2.45, 2.75) is 18.9 Å². The largest absolute Gasteiger partial charge is 0.368 e. The molecule has 0 aromatic heterocycles. The maximum absolute atomic E-state index is 13.9. The van der Waals surface area contributed by atoms with Crippen molar-refractivity contribution in [3.05, 3.63) is 34.6 Å². The summed E-state index contributed by atoms with van der Waals surface area (Å²) < 4.78 is 19.3. The second kappa shape index (κ2) is 6.84. The zero-order valence-corrected chi connectivity index (χ0v) is 13.4. The fourth-order valence-corrected chi connectivity index (χ4v) is 3.21. The molecule has 2 amide bonds. The van der Waals surface area contributed by atoms with Gasteiger partial charge in [0.05, 0.1) is 10.6 Å². The van der Waals surface area contributed by atoms with Crippen molar-refractivity contribution >= 4 is 23.4 Å². The molecule has 0 aliphatic carbocycles. The summed E-state index contributed by atoms with van der Waals surface area (Å²) in [4.78, 5) is 28.0. The molecule has 5 nitrogen and oxygen atoms in total. The summed E-state index contributed by atoms with van der Waals surface area (Å²) in [6.07, 6.45) is 1.31. The van der Waals surface area contributed by atoms with Crippen LogP contribution in [0.3, 0.4) is 0 Å². The van der Waals surface area contributed by atoms with Gasteiger partial charge in [0.2, 0.25) is 0 Å². The van der Waals surface area contributed by atoms with Crippen LogP contribution >= 0.6 is 11.6 Å². The van der Waals surface area contributed by atoms with E-state index in [0.717, 1.165) is 12.8 Å². The van der Waals surface area contributed by atoms with Crippen LogP contribution in [-0.4, -0.2) is 60.5 Å². The van der Waals surface area contributed by atoms with Crippen molar-refractivity contribution in [3.8, 4) is 0 Å². The lowest BCUT2D eigenvalue weighted by atomic mass is 10.1. The molecule has 1 aromatic rings. The highest BCUT2D eigenvalue weighted by atomic mass is 35.5. The number of hydrogen-bond acceptors (Lipinski definition) is 3. The van der Waals surface area contributed by atoms with Crippen molar-refractivity contribution in [2.75, 3.05) is 32.8 Å². The number of carbonyl (C=O) groups excluding carboxylic acids is 2. The SMILES string of the molecule is O=C(c1c(F)cccc1Cl)N1CCN(C(=O)C2CCCO2)CC1. The summed E-state index contributed by atoms with van der Waals surface area (Å²) in [5.41, 5.74) is -0.104. The van der Waals surface area contributed by atoms with Crippen LogP contribution in [0.15, 0.2) is 18.2 Å². The minimum atomic E-state index is -0.625. The van der Waals surface area contributed by atoms with E-state index in [1.807, 2.05) is 0 Å². The Hall–Kier alpha value is -1.66. The van der Waals surface area contributed by atoms with E-state index in [-0.39, 0.29) is 22.6 Å². The van der Waals surface area contributed by atoms with E-state index >= 15 is 0 Å². The molecule has 0 spiro atoms. The first-order valence-electron chi connectivity index (χ1n) is 7.71. The molecule has 3 rings (SSSR count). The van der Waals surface area contributed by atoms with E-state index in [1.54, 1.807) is 4.90 Å². The second-order valence-electron chi connectivity index (χ2n) is 5.72. The Balaban J connectivity index is 1.62. The number of hydrogen-bond donors (Lipinski definition) is 0. The van der Waals surface area contributed by atoms with E-state index in [0.29, 0.717) is 32.8 Å². The highest BCUT2D eigenvalue weighted by molar-refractivity contribution is 6.33. The standard InChI is InChI=1S/C16H18ClFN2O3/c17-11-3-1-4-12(18)14(11)16(22)20-8-6-19(7-9-20)15(21)13-5-2-10-23-13/h1,3-4,13H,2,5-10H2. The summed E-state index contributed by atoms with van der Waals surface area (Å²) in [5, 5.41) is 0.105. The average Bonchev–Trinajstić information content (AvgIpc) is 3.08. The number of halogens is 2. The zero-order valence-electron chi connectivity index (χ0n) is 12.6. The van der Waals surface area contributed by atoms with E-state index in [1.165, 1.54) is 23.1 Å². The maximum Gasteiger partial charge on any atom is 0.258 e. The Kier molecular flexibility index (Phi) is 4.82. The molecule has 1 aromatic carbocycles. The van der Waals surface area contributed by atoms with Crippen LogP contribution in [0.1, 0.15) is 23.2 Å². The molecule has 124 valence electrons. The van der Waals surface area contributed by atoms with Crippen LogP contribution in [0.2, 0.25) is 5.02 Å². The van der Waals surface area contributed by atoms with E-state index < -0.39 is 11.7 Å². The van der Waals surface area contributed by atoms with Gasteiger partial charge in [-0.15, -0.1) is 0 Å². The summed E-state index contributed by atoms with van der Waals surface area (Å²) >= 11 is 5.94. The molecule has 1 unspecified atom stereocenters. The quantitative estimate of drug-likeness (QED) is 0.826. The highest BCUT2D eigenvalue weighted by Gasteiger charge is 2.32. The Labute approximate surface area is 138 Å². The fourth-order valence-electron chi connectivity index (χ4n) is 2.97. The minimum absolute atomic E-state index is 0.0153. The van der Waals surface area contributed by atoms with Crippen LogP contribution in [0.5, 0.6) is 0 Å². The smallest absolute Gasteiger partial charge is 0.258 e. The van der Waals surface area contributed by atoms with Crippen LogP contribution in [-0.2, 0) is 9.53 Å². The van der Waals surface area contributed by atoms with Gasteiger partial charge in [-0.3, -0.25) is 9.59 Å². The van der Waals surface area contributed by atoms with Crippen LogP contribution in [0, 0.1) is 5.82 Å². The molecule has 1 atom stereocenters. The molecule has 2 aliphatic rings. The van der Waals surface area contributed by atoms with Gasteiger partial charge >= 0.3 is 0 Å². The van der Waals surface area contributed by atoms with Crippen LogP contribution in [0.4, 0.5) is 4.39 Å². The Morgan fingerprint density at radius 2 is 1.87 bits per heavy atom. The molecule has 2 fully saturated rings. The van der Waals surface area contributed by atoms with Crippen LogP contribution in [0.25, 0.3) is 0 Å². The highest BCUT2D eigenvalue weighted by Crippen LogP contribution is 2.22. The zero-order chi connectivity index (χ0) is 16.4. The van der Waals surface area contributed by atoms with Gasteiger partial charge in [0, 0.05) is 32.8 Å². The number of carbonyl (C=O) groups is 2. The Bertz CT molecular complexity index is 591. The number of ether oxygens (including phenoxy) is 1. The van der Waals surface area contributed by atoms with E-state index in [9.17, 15) is 14.0 Å². The first-order chi connectivity index (χ1) is 11.1. The second-order valence-corrected chi connectivity index (χ2v) is 6.12. The third kappa shape index (κ3) is 3.33. The van der Waals surface area contributed by atoms with Gasteiger partial charge in [0.15, 0.2) is 0 Å². The molecule has 2 heterocycles. The number of amides is 2. The first-order valence-corrected chi connectivity index (χ1v) is 8.09. The number of piperazine rings is 1. The Morgan fingerprint density at radius 1 is 1.17 bits per heavy atom. The predicted octanol–water partition coefficient (Wildman–Crippen LogP) is 1.94. The molecule has 0 saturated carbocycles. The normalized spacial score (nSPS) is 21.6. The molecule has 0 bridgehead atoms. The maximum atomic E-state index is 13.9. The van der Waals surface area contributed by atoms with E-state index in [2.05, 4.69) is 0 Å². The van der Waals surface area contributed by atoms with Gasteiger partial charge < -0.3 is 14.5 Å². The van der Waals surface area contributed by atoms with Crippen molar-refractivity contribution in [1.29, 1.82) is 0 Å². The number of benzene rings is 1. The van der Waals surface area contributed by atoms with Gasteiger partial charge in [-0.2, -0.15) is 0 Å². The van der Waals surface area contributed by atoms with Crippen molar-refractivity contribution in [1.82, 2.24) is 9.80 Å². The molecule has 0 radical (unpaired) electrons. The predicted molar refractivity (Wildman–Crippen MR) is 82.9 cm³/mol. The molecule has 23 heavy (non-hydrogen) atoms. The van der Waals surface area contributed by atoms with E-state index in [4.69, 9.17) is 16.3 Å². The summed E-state index contributed by atoms with van der Waals surface area (Å²) in [6, 6.07) is 4.18. The van der Waals surface area contributed by atoms with Gasteiger partial charge in [-0.1, -0.05) is 17.7 Å². The average molecular weight is 341 g/mol. The molecule has 2 aliphatic heterocycles. The van der Waals surface area contributed by atoms with Gasteiger partial charge in [-0.05, 0) is 25.0 Å². The molecule has 7 heteroatoms. The molecular formula is C16H18ClFN2O3. The topological polar surface area (TPSA) is 49.9 Å². The first kappa shape index (κ1) is 16.2. The number of rotatable bonds is 2. The molecular weight excluding hydrogens is 323 g/mol. The van der Waals surface area contributed by atoms with Crippen molar-refractivity contribution < 1.29 is 18.7 Å². The van der Waals surface area contributed by atoms with Crippen LogP contribution < -0.4 is 0 Å². The summed E-state index contributed by atoms with van der Waals surface area (Å²) in [6.45, 7) is 2.21. The fraction of sp³-hybridized carbons (Fsp3) is 0.500. The molecule has 0 N–H and O–H groups in total. The van der Waals surface area contributed by atoms with Gasteiger partial charge in [-0.25, -0.2) is 4.39 Å². The Morgan fingerprint density at radius 3 is 2.48 bits per heavy atom. The minimum Gasteiger partial charge on any atom is -0.368 e. The van der Waals surface area contributed by atoms with Crippen molar-refractivity contribution in [2.24, 2.45) is 0 Å². The third-order valence-corrected chi connectivity index (χ3v) is 4.58. The lowest BCUT2D eigenvalue weighted by Crippen LogP contribution is -2.53. The monoisotopic (exact) mass is 340 g/mol. The third-order valence-electron chi connectivity index (χ3n) is 4.26. The number of nitrogens with zero attached hydrogens (tertiary/aromatic N) is 2.